The topological polar surface area (TPSA) is 3.24 Å². The van der Waals surface area contributed by atoms with Gasteiger partial charge >= 0.3 is 0 Å². The van der Waals surface area contributed by atoms with Gasteiger partial charge in [0, 0.05) is 12.4 Å². The Morgan fingerprint density at radius 1 is 1.44 bits per heavy atom. The summed E-state index contributed by atoms with van der Waals surface area (Å²) < 4.78 is 38.3. The Bertz CT molecular complexity index is 232. The highest BCUT2D eigenvalue weighted by Gasteiger charge is 2.23. The molecule has 0 saturated carbocycles. The van der Waals surface area contributed by atoms with E-state index in [-0.39, 0.29) is 6.42 Å². The van der Waals surface area contributed by atoms with Gasteiger partial charge in [-0.25, -0.2) is 0 Å². The quantitative estimate of drug-likeness (QED) is 0.486. The van der Waals surface area contributed by atoms with Crippen LogP contribution in [0.15, 0.2) is 0 Å². The molecule has 1 aliphatic heterocycles. The van der Waals surface area contributed by atoms with Crippen molar-refractivity contribution in [1.29, 1.82) is 0 Å². The van der Waals surface area contributed by atoms with Crippen LogP contribution in [0.4, 0.5) is 0 Å². The number of likely N-dealkylation sites (tertiary alicyclic amines) is 1. The lowest BCUT2D eigenvalue weighted by Gasteiger charge is -2.31. The van der Waals surface area contributed by atoms with Crippen LogP contribution < -0.4 is 0 Å². The van der Waals surface area contributed by atoms with Gasteiger partial charge in [0.05, 0.1) is 0 Å². The van der Waals surface area contributed by atoms with Crippen molar-refractivity contribution in [3.63, 3.8) is 0 Å². The molecule has 54 valence electrons. The molecular formula is C8H17N. The molecule has 1 atom stereocenters. The highest BCUT2D eigenvalue weighted by atomic mass is 15.2. The first-order valence-electron chi connectivity index (χ1n) is 5.79. The third-order valence-corrected chi connectivity index (χ3v) is 1.30. The second-order valence-electron chi connectivity index (χ2n) is 3.22. The first kappa shape index (κ1) is 2.91. The van der Waals surface area contributed by atoms with E-state index in [9.17, 15) is 0 Å². The minimum Gasteiger partial charge on any atom is -0.298 e. The van der Waals surface area contributed by atoms with Crippen LogP contribution in [0.3, 0.4) is 0 Å². The van der Waals surface area contributed by atoms with Crippen molar-refractivity contribution in [2.75, 3.05) is 13.0 Å². The highest BCUT2D eigenvalue weighted by Crippen LogP contribution is 2.19. The fourth-order valence-electron chi connectivity index (χ4n) is 0.755. The van der Waals surface area contributed by atoms with Crippen molar-refractivity contribution >= 4 is 0 Å². The van der Waals surface area contributed by atoms with E-state index >= 15 is 0 Å². The number of nitrogens with zero attached hydrogens (tertiary/aromatic N) is 1. The van der Waals surface area contributed by atoms with Gasteiger partial charge < -0.3 is 0 Å². The Morgan fingerprint density at radius 3 is 2.33 bits per heavy atom. The zero-order valence-corrected chi connectivity index (χ0v) is 6.23. The Morgan fingerprint density at radius 2 is 2.11 bits per heavy atom. The molecule has 0 bridgehead atoms. The summed E-state index contributed by atoms with van der Waals surface area (Å²) >= 11 is 0. The molecular weight excluding hydrogens is 110 g/mol. The SMILES string of the molecule is [2H]C1CC([2H])([2H])C([2H])([2H])N1C(C)(C)C. The van der Waals surface area contributed by atoms with Gasteiger partial charge in [0.15, 0.2) is 0 Å². The lowest BCUT2D eigenvalue weighted by molar-refractivity contribution is 0.175. The number of rotatable bonds is 0. The molecule has 0 aromatic rings. The molecule has 0 aliphatic carbocycles. The van der Waals surface area contributed by atoms with Crippen molar-refractivity contribution < 1.29 is 6.85 Å². The molecule has 0 radical (unpaired) electrons. The van der Waals surface area contributed by atoms with E-state index in [4.69, 9.17) is 6.85 Å². The van der Waals surface area contributed by atoms with Crippen LogP contribution >= 0.6 is 0 Å². The Balaban J connectivity index is 3.09. The van der Waals surface area contributed by atoms with Crippen molar-refractivity contribution in [1.82, 2.24) is 4.90 Å². The fraction of sp³-hybridized carbons (Fsp3) is 1.00. The maximum absolute atomic E-state index is 7.73. The molecule has 1 aliphatic rings. The van der Waals surface area contributed by atoms with Crippen LogP contribution in [0.1, 0.15) is 40.4 Å². The van der Waals surface area contributed by atoms with Gasteiger partial charge in [0.2, 0.25) is 0 Å². The summed E-state index contributed by atoms with van der Waals surface area (Å²) in [6.07, 6.45) is -2.01. The molecule has 1 fully saturated rings. The maximum Gasteiger partial charge on any atom is 0.0431 e. The molecule has 0 spiro atoms. The second-order valence-corrected chi connectivity index (χ2v) is 3.22. The minimum absolute atomic E-state index is 0.0722. The van der Waals surface area contributed by atoms with Gasteiger partial charge in [-0.05, 0) is 46.6 Å². The number of hydrogen-bond acceptors (Lipinski definition) is 1. The van der Waals surface area contributed by atoms with Gasteiger partial charge in [0.25, 0.3) is 0 Å². The predicted molar refractivity (Wildman–Crippen MR) is 40.6 cm³/mol. The highest BCUT2D eigenvalue weighted by molar-refractivity contribution is 4.79. The molecule has 0 aromatic heterocycles. The van der Waals surface area contributed by atoms with Crippen LogP contribution in [-0.4, -0.2) is 23.5 Å². The monoisotopic (exact) mass is 132 g/mol. The third-order valence-electron chi connectivity index (χ3n) is 1.30. The van der Waals surface area contributed by atoms with E-state index in [1.165, 1.54) is 4.90 Å². The van der Waals surface area contributed by atoms with E-state index in [0.29, 0.717) is 0 Å². The maximum atomic E-state index is 7.73. The lowest BCUT2D eigenvalue weighted by Crippen LogP contribution is -2.38. The molecule has 1 nitrogen and oxygen atoms in total. The van der Waals surface area contributed by atoms with Crippen LogP contribution in [-0.2, 0) is 0 Å². The van der Waals surface area contributed by atoms with Gasteiger partial charge in [-0.1, -0.05) is 0 Å². The van der Waals surface area contributed by atoms with E-state index in [2.05, 4.69) is 0 Å². The Labute approximate surface area is 65.1 Å². The molecule has 9 heavy (non-hydrogen) atoms. The molecule has 0 N–H and O–H groups in total. The van der Waals surface area contributed by atoms with Crippen molar-refractivity contribution in [2.24, 2.45) is 0 Å². The summed E-state index contributed by atoms with van der Waals surface area (Å²) in [6.45, 7) is 2.53. The minimum atomic E-state index is -2.06. The molecule has 1 heterocycles. The zero-order valence-electron chi connectivity index (χ0n) is 11.2. The lowest BCUT2D eigenvalue weighted by atomic mass is 10.1. The first-order chi connectivity index (χ1) is 6.00. The molecule has 1 unspecified atom stereocenters. The van der Waals surface area contributed by atoms with Gasteiger partial charge in [0.1, 0.15) is 0 Å². The Kier molecular flexibility index (Phi) is 0.743. The summed E-state index contributed by atoms with van der Waals surface area (Å²) in [5, 5.41) is 0. The molecule has 1 saturated heterocycles. The van der Waals surface area contributed by atoms with Crippen molar-refractivity contribution in [2.45, 2.75) is 39.1 Å². The summed E-state index contributed by atoms with van der Waals surface area (Å²) in [4.78, 5) is 1.31. The summed E-state index contributed by atoms with van der Waals surface area (Å²) in [5.41, 5.74) is -0.528. The largest absolute Gasteiger partial charge is 0.298 e. The van der Waals surface area contributed by atoms with E-state index < -0.39 is 24.9 Å². The molecule has 1 heteroatoms. The second kappa shape index (κ2) is 2.30. The summed E-state index contributed by atoms with van der Waals surface area (Å²) in [5.74, 6) is 0. The van der Waals surface area contributed by atoms with Gasteiger partial charge in [-0.15, -0.1) is 0 Å². The van der Waals surface area contributed by atoms with Crippen molar-refractivity contribution in [3.05, 3.63) is 0 Å². The van der Waals surface area contributed by atoms with Crippen LogP contribution in [0, 0.1) is 0 Å². The molecule has 0 amide bonds. The van der Waals surface area contributed by atoms with E-state index in [1.807, 2.05) is 0 Å². The van der Waals surface area contributed by atoms with Gasteiger partial charge in [-0.2, -0.15) is 0 Å². The van der Waals surface area contributed by atoms with Gasteiger partial charge in [-0.3, -0.25) is 4.90 Å². The first-order valence-corrected chi connectivity index (χ1v) is 3.22. The van der Waals surface area contributed by atoms with E-state index in [0.717, 1.165) is 0 Å². The van der Waals surface area contributed by atoms with Crippen LogP contribution in [0.25, 0.3) is 0 Å². The third kappa shape index (κ3) is 1.68. The standard InChI is InChI=1S/C8H17N/c1-8(2,3)9-6-4-5-7-9/h4-7H2,1-3H3/i4D2,6D2,7D. The fourth-order valence-corrected chi connectivity index (χ4v) is 0.755. The normalized spacial score (nSPS) is 50.6. The zero-order chi connectivity index (χ0) is 11.4. The van der Waals surface area contributed by atoms with Crippen LogP contribution in [0.5, 0.6) is 0 Å². The predicted octanol–water partition coefficient (Wildman–Crippen LogP) is 1.88. The number of hydrogen-bond donors (Lipinski definition) is 0. The molecule has 0 aromatic carbocycles. The summed E-state index contributed by atoms with van der Waals surface area (Å²) in [6, 6.07) is 0. The van der Waals surface area contributed by atoms with Crippen LogP contribution in [0.2, 0.25) is 0 Å². The average molecular weight is 132 g/mol. The smallest absolute Gasteiger partial charge is 0.0431 e. The summed E-state index contributed by atoms with van der Waals surface area (Å²) in [7, 11) is 0. The molecule has 1 rings (SSSR count). The van der Waals surface area contributed by atoms with Crippen molar-refractivity contribution in [3.8, 4) is 0 Å². The Hall–Kier alpha value is -0.0400. The average Bonchev–Trinajstić information content (AvgIpc) is 1.93. The van der Waals surface area contributed by atoms with E-state index in [1.54, 1.807) is 20.8 Å².